The van der Waals surface area contributed by atoms with Crippen LogP contribution in [0.4, 0.5) is 5.82 Å². The van der Waals surface area contributed by atoms with Crippen molar-refractivity contribution >= 4 is 21.7 Å². The van der Waals surface area contributed by atoms with Crippen molar-refractivity contribution in [3.05, 3.63) is 58.7 Å². The van der Waals surface area contributed by atoms with Crippen molar-refractivity contribution < 1.29 is 0 Å². The van der Waals surface area contributed by atoms with E-state index in [1.54, 1.807) is 0 Å². The molecule has 4 heteroatoms. The highest BCUT2D eigenvalue weighted by Crippen LogP contribution is 2.23. The third-order valence-corrected chi connectivity index (χ3v) is 4.61. The van der Waals surface area contributed by atoms with Gasteiger partial charge in [0.25, 0.3) is 0 Å². The maximum Gasteiger partial charge on any atom is 0.129 e. The molecular formula is C17H20BrN3. The molecule has 3 rings (SSSR count). The van der Waals surface area contributed by atoms with E-state index < -0.39 is 0 Å². The molecule has 3 nitrogen and oxygen atoms in total. The number of hydrogen-bond donors (Lipinski definition) is 0. The summed E-state index contributed by atoms with van der Waals surface area (Å²) in [5, 5.41) is 0. The lowest BCUT2D eigenvalue weighted by molar-refractivity contribution is 0.198. The van der Waals surface area contributed by atoms with Crippen LogP contribution in [0.3, 0.4) is 0 Å². The fourth-order valence-electron chi connectivity index (χ4n) is 2.85. The van der Waals surface area contributed by atoms with Gasteiger partial charge < -0.3 is 4.90 Å². The molecule has 21 heavy (non-hydrogen) atoms. The average Bonchev–Trinajstić information content (AvgIpc) is 2.55. The van der Waals surface area contributed by atoms with E-state index in [1.807, 2.05) is 12.1 Å². The second-order valence-electron chi connectivity index (χ2n) is 5.43. The monoisotopic (exact) mass is 345 g/mol. The molecule has 1 aliphatic rings. The molecule has 0 spiro atoms. The lowest BCUT2D eigenvalue weighted by atomic mass is 10.1. The van der Waals surface area contributed by atoms with Gasteiger partial charge in [-0.3, -0.25) is 4.90 Å². The van der Waals surface area contributed by atoms with Gasteiger partial charge >= 0.3 is 0 Å². The Hall–Kier alpha value is -1.39. The fourth-order valence-corrected chi connectivity index (χ4v) is 3.19. The molecule has 2 heterocycles. The van der Waals surface area contributed by atoms with E-state index >= 15 is 0 Å². The molecule has 2 aromatic rings. The summed E-state index contributed by atoms with van der Waals surface area (Å²) in [6, 6.07) is 17.3. The van der Waals surface area contributed by atoms with Crippen molar-refractivity contribution in [3.63, 3.8) is 0 Å². The molecule has 0 N–H and O–H groups in total. The summed E-state index contributed by atoms with van der Waals surface area (Å²) < 4.78 is 0.903. The number of halogens is 1. The Kier molecular flexibility index (Phi) is 4.56. The minimum absolute atomic E-state index is 0.476. The molecule has 0 amide bonds. The van der Waals surface area contributed by atoms with Crippen molar-refractivity contribution in [2.24, 2.45) is 0 Å². The molecule has 1 atom stereocenters. The third kappa shape index (κ3) is 3.44. The van der Waals surface area contributed by atoms with Gasteiger partial charge in [-0.05, 0) is 40.5 Å². The summed E-state index contributed by atoms with van der Waals surface area (Å²) in [7, 11) is 0. The Balaban J connectivity index is 1.63. The van der Waals surface area contributed by atoms with E-state index in [1.165, 1.54) is 5.56 Å². The van der Waals surface area contributed by atoms with Gasteiger partial charge in [0.15, 0.2) is 0 Å². The van der Waals surface area contributed by atoms with Crippen LogP contribution in [0.25, 0.3) is 0 Å². The van der Waals surface area contributed by atoms with Gasteiger partial charge in [0, 0.05) is 32.2 Å². The molecule has 0 radical (unpaired) electrons. The number of aromatic nitrogens is 1. The molecule has 0 bridgehead atoms. The molecule has 1 fully saturated rings. The summed E-state index contributed by atoms with van der Waals surface area (Å²) >= 11 is 3.45. The summed E-state index contributed by atoms with van der Waals surface area (Å²) in [6.07, 6.45) is 0. The van der Waals surface area contributed by atoms with Crippen LogP contribution in [0.2, 0.25) is 0 Å². The van der Waals surface area contributed by atoms with Gasteiger partial charge in [-0.1, -0.05) is 36.4 Å². The number of hydrogen-bond acceptors (Lipinski definition) is 3. The zero-order chi connectivity index (χ0) is 14.7. The maximum atomic E-state index is 4.55. The minimum Gasteiger partial charge on any atom is -0.354 e. The molecule has 0 aliphatic carbocycles. The predicted molar refractivity (Wildman–Crippen MR) is 90.6 cm³/mol. The second kappa shape index (κ2) is 6.58. The van der Waals surface area contributed by atoms with E-state index in [9.17, 15) is 0 Å². The van der Waals surface area contributed by atoms with Crippen LogP contribution in [0.1, 0.15) is 18.5 Å². The van der Waals surface area contributed by atoms with Crippen LogP contribution in [0.5, 0.6) is 0 Å². The SMILES string of the molecule is CC(c1ccccc1)N1CCN(c2cccc(Br)n2)CC1. The molecule has 0 saturated carbocycles. The first-order chi connectivity index (χ1) is 10.2. The standard InChI is InChI=1S/C17H20BrN3/c1-14(15-6-3-2-4-7-15)20-10-12-21(13-11-20)17-9-5-8-16(18)19-17/h2-9,14H,10-13H2,1H3. The Morgan fingerprint density at radius 3 is 2.33 bits per heavy atom. The Labute approximate surface area is 134 Å². The van der Waals surface area contributed by atoms with E-state index in [4.69, 9.17) is 0 Å². The van der Waals surface area contributed by atoms with Gasteiger partial charge in [0.05, 0.1) is 0 Å². The Bertz CT molecular complexity index is 580. The predicted octanol–water partition coefficient (Wildman–Crippen LogP) is 3.73. The first kappa shape index (κ1) is 14.5. The van der Waals surface area contributed by atoms with Crippen molar-refractivity contribution in [2.75, 3.05) is 31.1 Å². The molecule has 1 aromatic heterocycles. The van der Waals surface area contributed by atoms with Gasteiger partial charge in [-0.25, -0.2) is 4.98 Å². The summed E-state index contributed by atoms with van der Waals surface area (Å²) in [5.74, 6) is 1.07. The first-order valence-electron chi connectivity index (χ1n) is 7.40. The molecule has 1 aliphatic heterocycles. The van der Waals surface area contributed by atoms with Crippen LogP contribution < -0.4 is 4.90 Å². The number of pyridine rings is 1. The smallest absolute Gasteiger partial charge is 0.129 e. The van der Waals surface area contributed by atoms with Gasteiger partial charge in [0.1, 0.15) is 10.4 Å². The van der Waals surface area contributed by atoms with Gasteiger partial charge in [-0.2, -0.15) is 0 Å². The van der Waals surface area contributed by atoms with Crippen molar-refractivity contribution in [3.8, 4) is 0 Å². The van der Waals surface area contributed by atoms with Crippen LogP contribution in [-0.2, 0) is 0 Å². The molecule has 110 valence electrons. The van der Waals surface area contributed by atoms with Crippen LogP contribution in [0.15, 0.2) is 53.1 Å². The fraction of sp³-hybridized carbons (Fsp3) is 0.353. The minimum atomic E-state index is 0.476. The van der Waals surface area contributed by atoms with Crippen LogP contribution in [0, 0.1) is 0 Å². The van der Waals surface area contributed by atoms with E-state index in [0.29, 0.717) is 6.04 Å². The number of benzene rings is 1. The summed E-state index contributed by atoms with van der Waals surface area (Å²) in [6.45, 7) is 6.50. The summed E-state index contributed by atoms with van der Waals surface area (Å²) in [5.41, 5.74) is 1.39. The second-order valence-corrected chi connectivity index (χ2v) is 6.24. The van der Waals surface area contributed by atoms with E-state index in [-0.39, 0.29) is 0 Å². The normalized spacial score (nSPS) is 17.7. The highest BCUT2D eigenvalue weighted by molar-refractivity contribution is 9.10. The lowest BCUT2D eigenvalue weighted by Crippen LogP contribution is -2.47. The maximum absolute atomic E-state index is 4.55. The molecule has 1 unspecified atom stereocenters. The van der Waals surface area contributed by atoms with Crippen molar-refractivity contribution in [1.82, 2.24) is 9.88 Å². The summed E-state index contributed by atoms with van der Waals surface area (Å²) in [4.78, 5) is 9.45. The number of piperazine rings is 1. The Morgan fingerprint density at radius 2 is 1.67 bits per heavy atom. The van der Waals surface area contributed by atoms with Crippen LogP contribution >= 0.6 is 15.9 Å². The van der Waals surface area contributed by atoms with Gasteiger partial charge in [0.2, 0.25) is 0 Å². The Morgan fingerprint density at radius 1 is 0.952 bits per heavy atom. The lowest BCUT2D eigenvalue weighted by Gasteiger charge is -2.38. The zero-order valence-corrected chi connectivity index (χ0v) is 13.8. The van der Waals surface area contributed by atoms with E-state index in [0.717, 1.165) is 36.6 Å². The zero-order valence-electron chi connectivity index (χ0n) is 12.2. The molecule has 1 aromatic carbocycles. The number of anilines is 1. The molecular weight excluding hydrogens is 326 g/mol. The molecule has 1 saturated heterocycles. The van der Waals surface area contributed by atoms with Crippen molar-refractivity contribution in [2.45, 2.75) is 13.0 Å². The van der Waals surface area contributed by atoms with Crippen LogP contribution in [-0.4, -0.2) is 36.1 Å². The highest BCUT2D eigenvalue weighted by atomic mass is 79.9. The first-order valence-corrected chi connectivity index (χ1v) is 8.20. The van der Waals surface area contributed by atoms with Gasteiger partial charge in [-0.15, -0.1) is 0 Å². The third-order valence-electron chi connectivity index (χ3n) is 4.17. The van der Waals surface area contributed by atoms with E-state index in [2.05, 4.69) is 74.0 Å². The highest BCUT2D eigenvalue weighted by Gasteiger charge is 2.22. The number of nitrogens with zero attached hydrogens (tertiary/aromatic N) is 3. The average molecular weight is 346 g/mol. The topological polar surface area (TPSA) is 19.4 Å². The van der Waals surface area contributed by atoms with Crippen molar-refractivity contribution in [1.29, 1.82) is 0 Å². The quantitative estimate of drug-likeness (QED) is 0.790. The number of rotatable bonds is 3. The largest absolute Gasteiger partial charge is 0.354 e.